The maximum Gasteiger partial charge on any atom is 0.0824 e. The summed E-state index contributed by atoms with van der Waals surface area (Å²) in [5.74, 6) is 0.940. The van der Waals surface area contributed by atoms with Crippen molar-refractivity contribution in [1.82, 2.24) is 0 Å². The van der Waals surface area contributed by atoms with E-state index in [1.807, 2.05) is 0 Å². The lowest BCUT2D eigenvalue weighted by atomic mass is 9.41. The number of aliphatic hydroxyl groups excluding tert-OH is 2. The van der Waals surface area contributed by atoms with Gasteiger partial charge >= 0.3 is 0 Å². The molecule has 1 unspecified atom stereocenters. The molecule has 0 heterocycles. The first-order valence-corrected chi connectivity index (χ1v) is 9.60. The third-order valence-electron chi connectivity index (χ3n) is 8.57. The average molecular weight is 325 g/mol. The van der Waals surface area contributed by atoms with E-state index in [4.69, 9.17) is 0 Å². The Bertz CT molecular complexity index is 462. The van der Waals surface area contributed by atoms with E-state index in [2.05, 4.69) is 27.7 Å². The monoisotopic (exact) mass is 324 g/mol. The Labute approximate surface area is 141 Å². The number of aliphatic hydroxyl groups is 3. The fraction of sp³-hybridized carbons (Fsp3) is 1.00. The van der Waals surface area contributed by atoms with Gasteiger partial charge in [0.2, 0.25) is 0 Å². The molecule has 0 aliphatic heterocycles. The van der Waals surface area contributed by atoms with Crippen molar-refractivity contribution in [3.8, 4) is 0 Å². The van der Waals surface area contributed by atoms with Crippen molar-refractivity contribution in [2.75, 3.05) is 6.61 Å². The molecule has 3 rings (SSSR count). The molecule has 3 nitrogen and oxygen atoms in total. The van der Waals surface area contributed by atoms with Crippen LogP contribution in [0.1, 0.15) is 79.1 Å². The van der Waals surface area contributed by atoms with Crippen LogP contribution in [0.3, 0.4) is 0 Å². The smallest absolute Gasteiger partial charge is 0.0824 e. The zero-order chi connectivity index (χ0) is 17.1. The van der Waals surface area contributed by atoms with Crippen LogP contribution in [-0.4, -0.2) is 33.6 Å². The summed E-state index contributed by atoms with van der Waals surface area (Å²) in [6, 6.07) is 0. The van der Waals surface area contributed by atoms with Crippen molar-refractivity contribution < 1.29 is 15.3 Å². The molecule has 0 amide bonds. The molecular weight excluding hydrogens is 288 g/mol. The third-order valence-corrected chi connectivity index (χ3v) is 8.57. The van der Waals surface area contributed by atoms with E-state index in [-0.39, 0.29) is 22.9 Å². The first-order valence-electron chi connectivity index (χ1n) is 9.60. The van der Waals surface area contributed by atoms with Gasteiger partial charge in [-0.3, -0.25) is 0 Å². The van der Waals surface area contributed by atoms with Crippen LogP contribution in [0.4, 0.5) is 0 Å². The molecule has 3 fully saturated rings. The second kappa shape index (κ2) is 5.44. The molecular formula is C20H36O3. The fourth-order valence-electron chi connectivity index (χ4n) is 6.53. The van der Waals surface area contributed by atoms with E-state index in [1.165, 1.54) is 6.42 Å². The van der Waals surface area contributed by atoms with Crippen LogP contribution < -0.4 is 0 Å². The van der Waals surface area contributed by atoms with Gasteiger partial charge in [0.15, 0.2) is 0 Å². The molecule has 3 aliphatic rings. The van der Waals surface area contributed by atoms with Crippen LogP contribution in [0.25, 0.3) is 0 Å². The van der Waals surface area contributed by atoms with Gasteiger partial charge in [0.05, 0.1) is 18.3 Å². The highest BCUT2D eigenvalue weighted by Crippen LogP contribution is 2.66. The minimum Gasteiger partial charge on any atom is -0.394 e. The molecule has 6 atom stereocenters. The molecule has 0 aromatic rings. The quantitative estimate of drug-likeness (QED) is 0.728. The SMILES string of the molecule is CC1(C)CCC[C@@H]2[C@]3(C)CC[C@@](C)(C(O)CO)C[C@@H]3CC[C@@]21O. The largest absolute Gasteiger partial charge is 0.394 e. The second-order valence-corrected chi connectivity index (χ2v) is 10.1. The lowest BCUT2D eigenvalue weighted by molar-refractivity contribution is -0.231. The van der Waals surface area contributed by atoms with E-state index in [9.17, 15) is 15.3 Å². The Balaban J connectivity index is 1.89. The van der Waals surface area contributed by atoms with E-state index < -0.39 is 11.7 Å². The summed E-state index contributed by atoms with van der Waals surface area (Å²) in [7, 11) is 0. The Morgan fingerprint density at radius 3 is 2.35 bits per heavy atom. The van der Waals surface area contributed by atoms with Crippen molar-refractivity contribution in [1.29, 1.82) is 0 Å². The average Bonchev–Trinajstić information content (AvgIpc) is 2.49. The van der Waals surface area contributed by atoms with Crippen molar-refractivity contribution in [3.63, 3.8) is 0 Å². The van der Waals surface area contributed by atoms with Gasteiger partial charge in [0.25, 0.3) is 0 Å². The molecule has 0 aromatic carbocycles. The zero-order valence-corrected chi connectivity index (χ0v) is 15.4. The highest BCUT2D eigenvalue weighted by Gasteiger charge is 2.63. The Morgan fingerprint density at radius 2 is 1.70 bits per heavy atom. The zero-order valence-electron chi connectivity index (χ0n) is 15.4. The van der Waals surface area contributed by atoms with Gasteiger partial charge in [-0.05, 0) is 73.0 Å². The summed E-state index contributed by atoms with van der Waals surface area (Å²) in [6.07, 6.45) is 7.83. The van der Waals surface area contributed by atoms with Gasteiger partial charge in [-0.2, -0.15) is 0 Å². The standard InChI is InChI=1S/C20H36O3/c1-17(2)8-5-6-15-19(4)11-10-18(3,16(22)13-21)12-14(19)7-9-20(15,17)23/h14-16,21-23H,5-13H2,1-4H3/t14-,15+,16?,18+,19+,20+/m0/s1. The number of hydrogen-bond donors (Lipinski definition) is 3. The highest BCUT2D eigenvalue weighted by atomic mass is 16.3. The summed E-state index contributed by atoms with van der Waals surface area (Å²) in [5, 5.41) is 31.3. The van der Waals surface area contributed by atoms with Crippen LogP contribution in [0.2, 0.25) is 0 Å². The molecule has 3 aliphatic carbocycles. The number of fused-ring (bicyclic) bond motifs is 3. The summed E-state index contributed by atoms with van der Waals surface area (Å²) < 4.78 is 0. The van der Waals surface area contributed by atoms with Crippen molar-refractivity contribution >= 4 is 0 Å². The van der Waals surface area contributed by atoms with Crippen molar-refractivity contribution in [2.24, 2.45) is 28.1 Å². The van der Waals surface area contributed by atoms with Crippen LogP contribution in [-0.2, 0) is 0 Å². The Hall–Kier alpha value is -0.120. The number of hydrogen-bond acceptors (Lipinski definition) is 3. The predicted molar refractivity (Wildman–Crippen MR) is 92.0 cm³/mol. The highest BCUT2D eigenvalue weighted by molar-refractivity contribution is 5.13. The van der Waals surface area contributed by atoms with Gasteiger partial charge in [0.1, 0.15) is 0 Å². The van der Waals surface area contributed by atoms with Gasteiger partial charge in [0, 0.05) is 0 Å². The van der Waals surface area contributed by atoms with Crippen LogP contribution in [0.15, 0.2) is 0 Å². The molecule has 3 heteroatoms. The molecule has 23 heavy (non-hydrogen) atoms. The van der Waals surface area contributed by atoms with Crippen LogP contribution >= 0.6 is 0 Å². The molecule has 0 radical (unpaired) electrons. The predicted octanol–water partition coefficient (Wildman–Crippen LogP) is 3.50. The van der Waals surface area contributed by atoms with Crippen LogP contribution in [0.5, 0.6) is 0 Å². The van der Waals surface area contributed by atoms with Crippen molar-refractivity contribution in [3.05, 3.63) is 0 Å². The lowest BCUT2D eigenvalue weighted by Crippen LogP contribution is -2.64. The molecule has 0 saturated heterocycles. The normalized spacial score (nSPS) is 50.7. The Morgan fingerprint density at radius 1 is 1.00 bits per heavy atom. The van der Waals surface area contributed by atoms with E-state index >= 15 is 0 Å². The fourth-order valence-corrected chi connectivity index (χ4v) is 6.53. The molecule has 3 N–H and O–H groups in total. The summed E-state index contributed by atoms with van der Waals surface area (Å²) in [5.41, 5.74) is -0.507. The third kappa shape index (κ3) is 2.41. The van der Waals surface area contributed by atoms with Gasteiger partial charge < -0.3 is 15.3 Å². The molecule has 0 aromatic heterocycles. The maximum atomic E-state index is 11.6. The van der Waals surface area contributed by atoms with Crippen molar-refractivity contribution in [2.45, 2.75) is 90.8 Å². The summed E-state index contributed by atoms with van der Waals surface area (Å²) in [4.78, 5) is 0. The minimum absolute atomic E-state index is 0.00919. The van der Waals surface area contributed by atoms with Crippen LogP contribution in [0, 0.1) is 28.1 Å². The van der Waals surface area contributed by atoms with Gasteiger partial charge in [-0.25, -0.2) is 0 Å². The van der Waals surface area contributed by atoms with E-state index in [0.717, 1.165) is 44.9 Å². The van der Waals surface area contributed by atoms with Gasteiger partial charge in [-0.15, -0.1) is 0 Å². The molecule has 3 saturated carbocycles. The first-order chi connectivity index (χ1) is 10.6. The van der Waals surface area contributed by atoms with E-state index in [0.29, 0.717) is 11.8 Å². The molecule has 0 spiro atoms. The molecule has 0 bridgehead atoms. The van der Waals surface area contributed by atoms with E-state index in [1.54, 1.807) is 0 Å². The summed E-state index contributed by atoms with van der Waals surface area (Å²) in [6.45, 7) is 8.91. The Kier molecular flexibility index (Phi) is 4.18. The maximum absolute atomic E-state index is 11.6. The second-order valence-electron chi connectivity index (χ2n) is 10.1. The lowest BCUT2D eigenvalue weighted by Gasteiger charge is -2.65. The number of rotatable bonds is 2. The first kappa shape index (κ1) is 17.7. The topological polar surface area (TPSA) is 60.7 Å². The van der Waals surface area contributed by atoms with Gasteiger partial charge in [-0.1, -0.05) is 34.1 Å². The summed E-state index contributed by atoms with van der Waals surface area (Å²) >= 11 is 0. The molecule has 134 valence electrons. The minimum atomic E-state index is -0.615.